The Bertz CT molecular complexity index is 1490. The molecule has 0 spiro atoms. The summed E-state index contributed by atoms with van der Waals surface area (Å²) >= 11 is 2.69. The predicted octanol–water partition coefficient (Wildman–Crippen LogP) is 6.71. The first-order valence-electron chi connectivity index (χ1n) is 11.3. The molecule has 6 nitrogen and oxygen atoms in total. The minimum absolute atomic E-state index is 0.0251. The number of fused-ring (bicyclic) bond motifs is 1. The summed E-state index contributed by atoms with van der Waals surface area (Å²) in [6.45, 7) is 0.434. The molecule has 0 unspecified atom stereocenters. The molecular formula is C24H19F4N5OS2. The fraction of sp³-hybridized carbons (Fsp3) is 0.333. The molecule has 0 N–H and O–H groups in total. The Morgan fingerprint density at radius 3 is 2.72 bits per heavy atom. The molecule has 3 aromatic heterocycles. The van der Waals surface area contributed by atoms with Gasteiger partial charge in [-0.25, -0.2) is 19.3 Å². The first-order chi connectivity index (χ1) is 17.3. The van der Waals surface area contributed by atoms with Crippen molar-refractivity contribution in [3.05, 3.63) is 59.4 Å². The van der Waals surface area contributed by atoms with Crippen molar-refractivity contribution in [2.75, 3.05) is 12.9 Å². The average Bonchev–Trinajstić information content (AvgIpc) is 3.43. The van der Waals surface area contributed by atoms with Crippen LogP contribution in [-0.4, -0.2) is 37.6 Å². The number of hydrogen-bond acceptors (Lipinski definition) is 7. The maximum absolute atomic E-state index is 15.0. The molecule has 4 heterocycles. The lowest BCUT2D eigenvalue weighted by molar-refractivity contribution is -0.137. The number of rotatable bonds is 5. The van der Waals surface area contributed by atoms with Gasteiger partial charge in [0.25, 0.3) is 0 Å². The van der Waals surface area contributed by atoms with Gasteiger partial charge >= 0.3 is 6.18 Å². The van der Waals surface area contributed by atoms with Crippen LogP contribution in [0.25, 0.3) is 27.2 Å². The van der Waals surface area contributed by atoms with Gasteiger partial charge in [-0.2, -0.15) is 18.3 Å². The molecule has 0 bridgehead atoms. The second-order valence-corrected chi connectivity index (χ2v) is 10.7. The minimum atomic E-state index is -4.64. The SMILES string of the molecule is CSc1nc2nc(C3=C[C@H](c4cnn(C5CC5)c4)OCC3)nc(-c3ccc(C(F)(F)F)cc3F)c2s1. The molecule has 1 fully saturated rings. The summed E-state index contributed by atoms with van der Waals surface area (Å²) in [6, 6.07) is 2.94. The van der Waals surface area contributed by atoms with E-state index < -0.39 is 17.6 Å². The summed E-state index contributed by atoms with van der Waals surface area (Å²) in [5.41, 5.74) is 1.26. The van der Waals surface area contributed by atoms with Crippen LogP contribution in [0, 0.1) is 5.82 Å². The highest BCUT2D eigenvalue weighted by Gasteiger charge is 2.32. The van der Waals surface area contributed by atoms with Crippen molar-refractivity contribution in [1.82, 2.24) is 24.7 Å². The van der Waals surface area contributed by atoms with Gasteiger partial charge in [-0.1, -0.05) is 11.8 Å². The Labute approximate surface area is 211 Å². The maximum atomic E-state index is 15.0. The monoisotopic (exact) mass is 533 g/mol. The molecule has 1 saturated carbocycles. The Kier molecular flexibility index (Phi) is 5.84. The summed E-state index contributed by atoms with van der Waals surface area (Å²) in [5.74, 6) is -0.640. The van der Waals surface area contributed by atoms with E-state index in [1.165, 1.54) is 23.1 Å². The fourth-order valence-electron chi connectivity index (χ4n) is 4.13. The first kappa shape index (κ1) is 23.6. The quantitative estimate of drug-likeness (QED) is 0.210. The van der Waals surface area contributed by atoms with E-state index in [2.05, 4.69) is 20.1 Å². The molecule has 0 radical (unpaired) electrons. The van der Waals surface area contributed by atoms with Crippen LogP contribution >= 0.6 is 23.1 Å². The Hall–Kier alpha value is -2.83. The molecule has 36 heavy (non-hydrogen) atoms. The van der Waals surface area contributed by atoms with Crippen LogP contribution in [0.1, 0.15) is 48.4 Å². The lowest BCUT2D eigenvalue weighted by Gasteiger charge is -2.21. The van der Waals surface area contributed by atoms with Crippen LogP contribution < -0.4 is 0 Å². The summed E-state index contributed by atoms with van der Waals surface area (Å²) < 4.78 is 63.4. The summed E-state index contributed by atoms with van der Waals surface area (Å²) in [5, 5.41) is 4.44. The third kappa shape index (κ3) is 4.41. The molecule has 0 saturated heterocycles. The van der Waals surface area contributed by atoms with Crippen LogP contribution in [-0.2, 0) is 10.9 Å². The smallest absolute Gasteiger partial charge is 0.369 e. The van der Waals surface area contributed by atoms with E-state index in [-0.39, 0.29) is 17.4 Å². The van der Waals surface area contributed by atoms with Crippen molar-refractivity contribution in [3.8, 4) is 11.3 Å². The van der Waals surface area contributed by atoms with Gasteiger partial charge in [-0.15, -0.1) is 11.3 Å². The number of ether oxygens (including phenoxy) is 1. The number of thiazole rings is 1. The van der Waals surface area contributed by atoms with Gasteiger partial charge in [0.05, 0.1) is 30.1 Å². The Morgan fingerprint density at radius 2 is 2.00 bits per heavy atom. The molecule has 12 heteroatoms. The maximum Gasteiger partial charge on any atom is 0.416 e. The molecule has 1 aliphatic carbocycles. The largest absolute Gasteiger partial charge is 0.416 e. The average molecular weight is 534 g/mol. The third-order valence-corrected chi connectivity index (χ3v) is 8.18. The number of thioether (sulfide) groups is 1. The van der Waals surface area contributed by atoms with Crippen LogP contribution in [0.15, 0.2) is 41.0 Å². The van der Waals surface area contributed by atoms with Gasteiger partial charge < -0.3 is 4.74 Å². The van der Waals surface area contributed by atoms with Crippen molar-refractivity contribution in [1.29, 1.82) is 0 Å². The molecule has 6 rings (SSSR count). The highest BCUT2D eigenvalue weighted by Crippen LogP contribution is 2.40. The zero-order valence-corrected chi connectivity index (χ0v) is 20.6. The number of aromatic nitrogens is 5. The van der Waals surface area contributed by atoms with Crippen molar-refractivity contribution >= 4 is 39.0 Å². The van der Waals surface area contributed by atoms with Crippen molar-refractivity contribution < 1.29 is 22.3 Å². The minimum Gasteiger partial charge on any atom is -0.369 e. The molecule has 2 aliphatic rings. The zero-order chi connectivity index (χ0) is 25.0. The second-order valence-electron chi connectivity index (χ2n) is 8.64. The molecular weight excluding hydrogens is 514 g/mol. The van der Waals surface area contributed by atoms with Gasteiger partial charge in [-0.05, 0) is 55.4 Å². The lowest BCUT2D eigenvalue weighted by atomic mass is 10.0. The van der Waals surface area contributed by atoms with E-state index in [9.17, 15) is 17.6 Å². The molecule has 0 amide bonds. The first-order valence-corrected chi connectivity index (χ1v) is 13.3. The molecule has 186 valence electrons. The number of halogens is 4. The summed E-state index contributed by atoms with van der Waals surface area (Å²) in [4.78, 5) is 13.8. The highest BCUT2D eigenvalue weighted by molar-refractivity contribution is 8.00. The fourth-order valence-corrected chi connectivity index (χ4v) is 5.63. The standard InChI is InChI=1S/C24H19F4N5OS2/c1-35-23-32-22-20(36-23)19(16-5-2-14(9-17(16)25)24(26,27)28)30-21(31-22)12-6-7-34-18(8-12)13-10-29-33(11-13)15-3-4-15/h2,5,8-11,15,18H,3-4,6-7H2,1H3/t18-/m1/s1. The normalized spacial score (nSPS) is 18.6. The van der Waals surface area contributed by atoms with E-state index in [0.29, 0.717) is 45.6 Å². The topological polar surface area (TPSA) is 65.7 Å². The van der Waals surface area contributed by atoms with Gasteiger partial charge in [0.15, 0.2) is 15.8 Å². The number of benzene rings is 1. The summed E-state index contributed by atoms with van der Waals surface area (Å²) in [6.07, 6.45) is 5.37. The van der Waals surface area contributed by atoms with E-state index in [4.69, 9.17) is 4.74 Å². The van der Waals surface area contributed by atoms with Crippen LogP contribution in [0.4, 0.5) is 17.6 Å². The second kappa shape index (κ2) is 8.93. The predicted molar refractivity (Wildman–Crippen MR) is 129 cm³/mol. The third-order valence-electron chi connectivity index (χ3n) is 6.14. The van der Waals surface area contributed by atoms with Gasteiger partial charge in [-0.3, -0.25) is 4.68 Å². The van der Waals surface area contributed by atoms with E-state index in [0.717, 1.165) is 36.1 Å². The van der Waals surface area contributed by atoms with E-state index >= 15 is 0 Å². The van der Waals surface area contributed by atoms with Crippen LogP contribution in [0.5, 0.6) is 0 Å². The van der Waals surface area contributed by atoms with Crippen molar-refractivity contribution in [2.24, 2.45) is 0 Å². The molecule has 1 aromatic carbocycles. The van der Waals surface area contributed by atoms with Gasteiger partial charge in [0.1, 0.15) is 16.6 Å². The lowest BCUT2D eigenvalue weighted by Crippen LogP contribution is -2.11. The van der Waals surface area contributed by atoms with Crippen molar-refractivity contribution in [2.45, 2.75) is 41.9 Å². The van der Waals surface area contributed by atoms with Crippen LogP contribution in [0.2, 0.25) is 0 Å². The number of alkyl halides is 3. The molecule has 4 aromatic rings. The Balaban J connectivity index is 1.44. The Morgan fingerprint density at radius 1 is 1.17 bits per heavy atom. The van der Waals surface area contributed by atoms with E-state index in [1.54, 1.807) is 6.20 Å². The molecule has 1 aliphatic heterocycles. The zero-order valence-electron chi connectivity index (χ0n) is 18.9. The molecule has 1 atom stereocenters. The number of hydrogen-bond donors (Lipinski definition) is 0. The van der Waals surface area contributed by atoms with Crippen molar-refractivity contribution in [3.63, 3.8) is 0 Å². The summed E-state index contributed by atoms with van der Waals surface area (Å²) in [7, 11) is 0. The van der Waals surface area contributed by atoms with Gasteiger partial charge in [0.2, 0.25) is 0 Å². The van der Waals surface area contributed by atoms with E-state index in [1.807, 2.05) is 23.2 Å². The highest BCUT2D eigenvalue weighted by atomic mass is 32.2. The van der Waals surface area contributed by atoms with Gasteiger partial charge in [0, 0.05) is 17.3 Å². The number of nitrogens with zero attached hydrogens (tertiary/aromatic N) is 5. The van der Waals surface area contributed by atoms with Crippen LogP contribution in [0.3, 0.4) is 0 Å².